The zero-order valence-corrected chi connectivity index (χ0v) is 17.1. The van der Waals surface area contributed by atoms with E-state index in [1.165, 1.54) is 41.7 Å². The lowest BCUT2D eigenvalue weighted by Gasteiger charge is -2.23. The highest BCUT2D eigenvalue weighted by Gasteiger charge is 2.48. The molecule has 1 fully saturated rings. The standard InChI is InChI=1S/C21H15ClN2O5S/c1-29-15-10-12(4-7-14(15)25)17-16(18(26)11-2-5-13(22)6-3-11)19(27)20(28)24(17)21-23-8-9-30-21/h2-10,17,25-26H,1H3. The smallest absolute Gasteiger partial charge is 0.301 e. The number of hydrogen-bond acceptors (Lipinski definition) is 7. The summed E-state index contributed by atoms with van der Waals surface area (Å²) in [6.07, 6.45) is 1.52. The summed E-state index contributed by atoms with van der Waals surface area (Å²) in [6, 6.07) is 9.79. The van der Waals surface area contributed by atoms with Crippen LogP contribution in [0.3, 0.4) is 0 Å². The molecule has 1 aliphatic rings. The molecule has 30 heavy (non-hydrogen) atoms. The second kappa shape index (κ2) is 7.81. The van der Waals surface area contributed by atoms with Gasteiger partial charge in [0.15, 0.2) is 16.6 Å². The third-order valence-electron chi connectivity index (χ3n) is 4.71. The highest BCUT2D eigenvalue weighted by Crippen LogP contribution is 2.44. The number of anilines is 1. The van der Waals surface area contributed by atoms with Gasteiger partial charge in [-0.25, -0.2) is 4.98 Å². The van der Waals surface area contributed by atoms with Gasteiger partial charge in [-0.15, -0.1) is 11.3 Å². The molecule has 1 saturated heterocycles. The minimum Gasteiger partial charge on any atom is -0.507 e. The van der Waals surface area contributed by atoms with Crippen LogP contribution in [0.2, 0.25) is 5.02 Å². The Bertz CT molecular complexity index is 1160. The number of methoxy groups -OCH3 is 1. The summed E-state index contributed by atoms with van der Waals surface area (Å²) in [7, 11) is 1.39. The Labute approximate surface area is 180 Å². The van der Waals surface area contributed by atoms with Crippen molar-refractivity contribution in [2.24, 2.45) is 0 Å². The molecule has 1 aliphatic heterocycles. The topological polar surface area (TPSA) is 100.0 Å². The lowest BCUT2D eigenvalue weighted by Crippen LogP contribution is -2.29. The van der Waals surface area contributed by atoms with E-state index in [9.17, 15) is 19.8 Å². The van der Waals surface area contributed by atoms with Gasteiger partial charge in [0.1, 0.15) is 5.76 Å². The molecule has 0 saturated carbocycles. The number of aromatic hydroxyl groups is 1. The third kappa shape index (κ3) is 3.30. The first kappa shape index (κ1) is 19.9. The van der Waals surface area contributed by atoms with Crippen molar-refractivity contribution in [1.29, 1.82) is 0 Å². The van der Waals surface area contributed by atoms with E-state index in [1.807, 2.05) is 0 Å². The van der Waals surface area contributed by atoms with Crippen LogP contribution >= 0.6 is 22.9 Å². The Kier molecular flexibility index (Phi) is 5.19. The molecule has 1 atom stereocenters. The summed E-state index contributed by atoms with van der Waals surface area (Å²) < 4.78 is 5.17. The number of hydrogen-bond donors (Lipinski definition) is 2. The number of aliphatic hydroxyl groups is 1. The number of aliphatic hydroxyl groups excluding tert-OH is 1. The van der Waals surface area contributed by atoms with Gasteiger partial charge in [-0.1, -0.05) is 17.7 Å². The second-order valence-corrected chi connectivity index (χ2v) is 7.73. The van der Waals surface area contributed by atoms with Crippen molar-refractivity contribution < 1.29 is 24.5 Å². The fourth-order valence-corrected chi connectivity index (χ4v) is 4.10. The predicted octanol–water partition coefficient (Wildman–Crippen LogP) is 4.14. The first-order chi connectivity index (χ1) is 14.4. The fraction of sp³-hybridized carbons (Fsp3) is 0.0952. The summed E-state index contributed by atoms with van der Waals surface area (Å²) in [6.45, 7) is 0. The van der Waals surface area contributed by atoms with Crippen LogP contribution in [0.4, 0.5) is 5.13 Å². The molecule has 1 unspecified atom stereocenters. The average molecular weight is 443 g/mol. The second-order valence-electron chi connectivity index (χ2n) is 6.42. The number of ether oxygens (including phenoxy) is 1. The number of carbonyl (C=O) groups is 2. The Morgan fingerprint density at radius 3 is 2.57 bits per heavy atom. The normalized spacial score (nSPS) is 18.1. The average Bonchev–Trinajstić information content (AvgIpc) is 3.35. The number of phenols is 1. The lowest BCUT2D eigenvalue weighted by atomic mass is 9.95. The lowest BCUT2D eigenvalue weighted by molar-refractivity contribution is -0.132. The molecule has 0 aliphatic carbocycles. The molecule has 0 radical (unpaired) electrons. The molecule has 7 nitrogen and oxygen atoms in total. The van der Waals surface area contributed by atoms with Crippen molar-refractivity contribution in [3.63, 3.8) is 0 Å². The van der Waals surface area contributed by atoms with E-state index in [1.54, 1.807) is 35.7 Å². The molecule has 1 amide bonds. The van der Waals surface area contributed by atoms with Gasteiger partial charge in [-0.2, -0.15) is 0 Å². The number of amides is 1. The SMILES string of the molecule is COc1cc(C2C(=C(O)c3ccc(Cl)cc3)C(=O)C(=O)N2c2nccs2)ccc1O. The number of phenolic OH excluding ortho intramolecular Hbond substituents is 1. The first-order valence-electron chi connectivity index (χ1n) is 8.75. The van der Waals surface area contributed by atoms with Crippen LogP contribution in [0.25, 0.3) is 5.76 Å². The van der Waals surface area contributed by atoms with E-state index in [4.69, 9.17) is 16.3 Å². The predicted molar refractivity (Wildman–Crippen MR) is 113 cm³/mol. The monoisotopic (exact) mass is 442 g/mol. The highest BCUT2D eigenvalue weighted by atomic mass is 35.5. The van der Waals surface area contributed by atoms with Crippen LogP contribution in [0, 0.1) is 0 Å². The van der Waals surface area contributed by atoms with Gasteiger partial charge in [0.25, 0.3) is 5.78 Å². The summed E-state index contributed by atoms with van der Waals surface area (Å²) in [4.78, 5) is 31.3. The van der Waals surface area contributed by atoms with Gasteiger partial charge in [0.2, 0.25) is 0 Å². The molecular weight excluding hydrogens is 428 g/mol. The summed E-state index contributed by atoms with van der Waals surface area (Å²) in [5.74, 6) is -1.90. The van der Waals surface area contributed by atoms with Crippen LogP contribution in [0.5, 0.6) is 11.5 Å². The van der Waals surface area contributed by atoms with E-state index in [0.717, 1.165) is 0 Å². The summed E-state index contributed by atoms with van der Waals surface area (Å²) in [5.41, 5.74) is 0.715. The maximum absolute atomic E-state index is 13.0. The number of ketones is 1. The molecule has 0 spiro atoms. The van der Waals surface area contributed by atoms with E-state index < -0.39 is 17.7 Å². The Morgan fingerprint density at radius 2 is 1.93 bits per heavy atom. The zero-order valence-electron chi connectivity index (χ0n) is 15.6. The summed E-state index contributed by atoms with van der Waals surface area (Å²) >= 11 is 7.11. The van der Waals surface area contributed by atoms with E-state index in [2.05, 4.69) is 4.98 Å². The minimum atomic E-state index is -0.957. The zero-order chi connectivity index (χ0) is 21.4. The van der Waals surface area contributed by atoms with Gasteiger partial charge < -0.3 is 14.9 Å². The molecule has 1 aromatic heterocycles. The number of thiazole rings is 1. The van der Waals surface area contributed by atoms with Gasteiger partial charge in [-0.05, 0) is 42.0 Å². The van der Waals surface area contributed by atoms with E-state index >= 15 is 0 Å². The van der Waals surface area contributed by atoms with Gasteiger partial charge in [-0.3, -0.25) is 14.5 Å². The molecule has 2 heterocycles. The van der Waals surface area contributed by atoms with E-state index in [0.29, 0.717) is 21.3 Å². The van der Waals surface area contributed by atoms with Crippen LogP contribution in [0.1, 0.15) is 17.2 Å². The summed E-state index contributed by atoms with van der Waals surface area (Å²) in [5, 5.41) is 23.4. The molecule has 152 valence electrons. The Morgan fingerprint density at radius 1 is 1.20 bits per heavy atom. The van der Waals surface area contributed by atoms with Crippen molar-refractivity contribution >= 4 is 45.5 Å². The van der Waals surface area contributed by atoms with Crippen molar-refractivity contribution in [2.45, 2.75) is 6.04 Å². The number of benzene rings is 2. The largest absolute Gasteiger partial charge is 0.507 e. The fourth-order valence-electron chi connectivity index (χ4n) is 3.31. The maximum atomic E-state index is 13.0. The first-order valence-corrected chi connectivity index (χ1v) is 10.0. The molecule has 0 bridgehead atoms. The molecule has 9 heteroatoms. The number of Topliss-reactive ketones (excluding diaryl/α,β-unsaturated/α-hetero) is 1. The molecule has 2 N–H and O–H groups in total. The molecule has 4 rings (SSSR count). The van der Waals surface area contributed by atoms with Gasteiger partial charge >= 0.3 is 5.91 Å². The third-order valence-corrected chi connectivity index (χ3v) is 5.73. The maximum Gasteiger partial charge on any atom is 0.301 e. The molecular formula is C21H15ClN2O5S. The number of halogens is 1. The van der Waals surface area contributed by atoms with Gasteiger partial charge in [0.05, 0.1) is 18.7 Å². The van der Waals surface area contributed by atoms with E-state index in [-0.39, 0.29) is 22.8 Å². The van der Waals surface area contributed by atoms with Crippen LogP contribution in [-0.4, -0.2) is 34.0 Å². The molecule has 3 aromatic rings. The van der Waals surface area contributed by atoms with Crippen LogP contribution in [0.15, 0.2) is 59.6 Å². The van der Waals surface area contributed by atoms with Gasteiger partial charge in [0, 0.05) is 22.2 Å². The van der Waals surface area contributed by atoms with Crippen LogP contribution < -0.4 is 9.64 Å². The Hall–Kier alpha value is -3.36. The van der Waals surface area contributed by atoms with Crippen LogP contribution in [-0.2, 0) is 9.59 Å². The number of rotatable bonds is 4. The van der Waals surface area contributed by atoms with Crippen molar-refractivity contribution in [2.75, 3.05) is 12.0 Å². The number of nitrogens with zero attached hydrogens (tertiary/aromatic N) is 2. The quantitative estimate of drug-likeness (QED) is 0.358. The van der Waals surface area contributed by atoms with Crippen molar-refractivity contribution in [1.82, 2.24) is 4.98 Å². The Balaban J connectivity index is 1.95. The highest BCUT2D eigenvalue weighted by molar-refractivity contribution is 7.14. The minimum absolute atomic E-state index is 0.0923. The molecule has 2 aromatic carbocycles. The van der Waals surface area contributed by atoms with Crippen molar-refractivity contribution in [3.05, 3.63) is 75.8 Å². The number of carbonyl (C=O) groups excluding carboxylic acids is 2. The number of aromatic nitrogens is 1. The van der Waals surface area contributed by atoms with Crippen molar-refractivity contribution in [3.8, 4) is 11.5 Å².